The van der Waals surface area contributed by atoms with Gasteiger partial charge in [0.05, 0.1) is 0 Å². The Balaban J connectivity index is 2.03. The summed E-state index contributed by atoms with van der Waals surface area (Å²) in [6.45, 7) is 11.5. The molecule has 0 aliphatic heterocycles. The number of nitrogens with zero attached hydrogens (tertiary/aromatic N) is 1. The lowest BCUT2D eigenvalue weighted by Gasteiger charge is -2.49. The zero-order valence-corrected chi connectivity index (χ0v) is 12.8. The van der Waals surface area contributed by atoms with Crippen molar-refractivity contribution in [3.8, 4) is 0 Å². The lowest BCUT2D eigenvalue weighted by molar-refractivity contribution is 0.0187. The second-order valence-electron chi connectivity index (χ2n) is 7.59. The van der Waals surface area contributed by atoms with Gasteiger partial charge in [0.15, 0.2) is 0 Å². The number of hydrogen-bond donors (Lipinski definition) is 1. The molecule has 0 unspecified atom stereocenters. The summed E-state index contributed by atoms with van der Waals surface area (Å²) in [4.78, 5) is 2.74. The van der Waals surface area contributed by atoms with E-state index >= 15 is 0 Å². The molecule has 2 heteroatoms. The van der Waals surface area contributed by atoms with Crippen molar-refractivity contribution < 1.29 is 0 Å². The number of rotatable bonds is 4. The highest BCUT2D eigenvalue weighted by Gasteiger charge is 2.45. The lowest BCUT2D eigenvalue weighted by atomic mass is 9.66. The van der Waals surface area contributed by atoms with Gasteiger partial charge in [-0.25, -0.2) is 0 Å². The molecule has 0 aromatic heterocycles. The third kappa shape index (κ3) is 2.75. The summed E-state index contributed by atoms with van der Waals surface area (Å²) in [5.74, 6) is 0.884. The fourth-order valence-electron chi connectivity index (χ4n) is 4.00. The molecule has 0 heterocycles. The molecule has 2 nitrogen and oxygen atoms in total. The van der Waals surface area contributed by atoms with Crippen molar-refractivity contribution in [3.05, 3.63) is 0 Å². The molecule has 0 bridgehead atoms. The molecule has 0 amide bonds. The highest BCUT2D eigenvalue weighted by atomic mass is 15.3. The molecule has 0 saturated heterocycles. The molecular formula is C16H32N2. The quantitative estimate of drug-likeness (QED) is 0.831. The van der Waals surface area contributed by atoms with E-state index in [0.717, 1.165) is 18.5 Å². The molecule has 0 atom stereocenters. The van der Waals surface area contributed by atoms with Crippen LogP contribution in [0.3, 0.4) is 0 Å². The van der Waals surface area contributed by atoms with Crippen LogP contribution in [0.4, 0.5) is 0 Å². The van der Waals surface area contributed by atoms with Crippen LogP contribution >= 0.6 is 0 Å². The van der Waals surface area contributed by atoms with Gasteiger partial charge in [-0.3, -0.25) is 4.90 Å². The van der Waals surface area contributed by atoms with Crippen molar-refractivity contribution in [2.24, 2.45) is 17.1 Å². The largest absolute Gasteiger partial charge is 0.329 e. The molecule has 0 aromatic carbocycles. The van der Waals surface area contributed by atoms with Crippen LogP contribution in [0.25, 0.3) is 0 Å². The minimum absolute atomic E-state index is 0.331. The topological polar surface area (TPSA) is 29.3 Å². The number of nitrogens with two attached hydrogens (primary N) is 1. The summed E-state index contributed by atoms with van der Waals surface area (Å²) in [5.41, 5.74) is 6.99. The van der Waals surface area contributed by atoms with Crippen LogP contribution in [0.5, 0.6) is 0 Å². The minimum atomic E-state index is 0.331. The van der Waals surface area contributed by atoms with Crippen LogP contribution in [-0.2, 0) is 0 Å². The molecule has 2 aliphatic carbocycles. The first-order chi connectivity index (χ1) is 8.43. The van der Waals surface area contributed by atoms with Crippen LogP contribution in [-0.4, -0.2) is 29.6 Å². The van der Waals surface area contributed by atoms with Gasteiger partial charge < -0.3 is 5.73 Å². The first-order valence-corrected chi connectivity index (χ1v) is 7.90. The van der Waals surface area contributed by atoms with Crippen LogP contribution in [0.15, 0.2) is 0 Å². The van der Waals surface area contributed by atoms with E-state index in [2.05, 4.69) is 32.6 Å². The Bertz CT molecular complexity index is 267. The standard InChI is InChI=1S/C16H32N2/c1-5-18(14-6-7-14)16(12-17)10-8-13(9-11-16)15(2,3)4/h13-14H,5-12,17H2,1-4H3. The van der Waals surface area contributed by atoms with E-state index in [1.165, 1.54) is 45.1 Å². The lowest BCUT2D eigenvalue weighted by Crippen LogP contribution is -2.57. The molecule has 2 aliphatic rings. The summed E-state index contributed by atoms with van der Waals surface area (Å²) in [5, 5.41) is 0. The molecule has 2 saturated carbocycles. The highest BCUT2D eigenvalue weighted by molar-refractivity contribution is 5.02. The molecule has 2 N–H and O–H groups in total. The van der Waals surface area contributed by atoms with Gasteiger partial charge >= 0.3 is 0 Å². The van der Waals surface area contributed by atoms with E-state index in [1.807, 2.05) is 0 Å². The molecule has 0 radical (unpaired) electrons. The van der Waals surface area contributed by atoms with Gasteiger partial charge in [0.1, 0.15) is 0 Å². The van der Waals surface area contributed by atoms with Gasteiger partial charge in [0, 0.05) is 18.1 Å². The highest BCUT2D eigenvalue weighted by Crippen LogP contribution is 2.46. The Hall–Kier alpha value is -0.0800. The Morgan fingerprint density at radius 3 is 2.00 bits per heavy atom. The average molecular weight is 252 g/mol. The van der Waals surface area contributed by atoms with Gasteiger partial charge in [-0.15, -0.1) is 0 Å². The Morgan fingerprint density at radius 2 is 1.67 bits per heavy atom. The first-order valence-electron chi connectivity index (χ1n) is 7.90. The zero-order chi connectivity index (χ0) is 13.4. The molecule has 18 heavy (non-hydrogen) atoms. The average Bonchev–Trinajstić information content (AvgIpc) is 3.14. The second kappa shape index (κ2) is 5.13. The molecule has 0 spiro atoms. The zero-order valence-electron chi connectivity index (χ0n) is 12.8. The Morgan fingerprint density at radius 1 is 1.11 bits per heavy atom. The molecule has 2 rings (SSSR count). The van der Waals surface area contributed by atoms with Crippen LogP contribution in [0.1, 0.15) is 66.2 Å². The van der Waals surface area contributed by atoms with Crippen LogP contribution < -0.4 is 5.73 Å². The maximum atomic E-state index is 6.19. The summed E-state index contributed by atoms with van der Waals surface area (Å²) in [6.07, 6.45) is 8.16. The maximum Gasteiger partial charge on any atom is 0.0334 e. The predicted molar refractivity (Wildman–Crippen MR) is 78.6 cm³/mol. The van der Waals surface area contributed by atoms with E-state index in [1.54, 1.807) is 0 Å². The summed E-state index contributed by atoms with van der Waals surface area (Å²) in [6, 6.07) is 0.852. The van der Waals surface area contributed by atoms with E-state index in [9.17, 15) is 0 Å². The van der Waals surface area contributed by atoms with Crippen molar-refractivity contribution in [1.82, 2.24) is 4.90 Å². The van der Waals surface area contributed by atoms with Crippen molar-refractivity contribution >= 4 is 0 Å². The smallest absolute Gasteiger partial charge is 0.0334 e. The third-order valence-electron chi connectivity index (χ3n) is 5.46. The number of likely N-dealkylation sites (N-methyl/N-ethyl adjacent to an activating group) is 1. The normalized spacial score (nSPS) is 34.0. The monoisotopic (exact) mass is 252 g/mol. The van der Waals surface area contributed by atoms with Gasteiger partial charge in [-0.2, -0.15) is 0 Å². The minimum Gasteiger partial charge on any atom is -0.329 e. The summed E-state index contributed by atoms with van der Waals surface area (Å²) >= 11 is 0. The maximum absolute atomic E-state index is 6.19. The molecule has 2 fully saturated rings. The van der Waals surface area contributed by atoms with Crippen molar-refractivity contribution in [2.45, 2.75) is 77.8 Å². The fraction of sp³-hybridized carbons (Fsp3) is 1.00. The third-order valence-corrected chi connectivity index (χ3v) is 5.46. The summed E-state index contributed by atoms with van der Waals surface area (Å²) in [7, 11) is 0. The second-order valence-corrected chi connectivity index (χ2v) is 7.59. The van der Waals surface area contributed by atoms with Crippen LogP contribution in [0, 0.1) is 11.3 Å². The van der Waals surface area contributed by atoms with Gasteiger partial charge in [0.2, 0.25) is 0 Å². The van der Waals surface area contributed by atoms with Gasteiger partial charge in [-0.05, 0) is 56.4 Å². The van der Waals surface area contributed by atoms with E-state index in [-0.39, 0.29) is 0 Å². The van der Waals surface area contributed by atoms with Crippen molar-refractivity contribution in [2.75, 3.05) is 13.1 Å². The van der Waals surface area contributed by atoms with E-state index in [0.29, 0.717) is 11.0 Å². The number of hydrogen-bond acceptors (Lipinski definition) is 2. The molecule has 0 aromatic rings. The Kier molecular flexibility index (Phi) is 4.08. The van der Waals surface area contributed by atoms with E-state index < -0.39 is 0 Å². The SMILES string of the molecule is CCN(C1CC1)C1(CN)CCC(C(C)(C)C)CC1. The fourth-order valence-corrected chi connectivity index (χ4v) is 4.00. The first kappa shape index (κ1) is 14.3. The predicted octanol–water partition coefficient (Wildman–Crippen LogP) is 3.40. The summed E-state index contributed by atoms with van der Waals surface area (Å²) < 4.78 is 0. The van der Waals surface area contributed by atoms with Crippen molar-refractivity contribution in [1.29, 1.82) is 0 Å². The van der Waals surface area contributed by atoms with E-state index in [4.69, 9.17) is 5.73 Å². The molecular weight excluding hydrogens is 220 g/mol. The van der Waals surface area contributed by atoms with Crippen LogP contribution in [0.2, 0.25) is 0 Å². The van der Waals surface area contributed by atoms with Crippen molar-refractivity contribution in [3.63, 3.8) is 0 Å². The van der Waals surface area contributed by atoms with Gasteiger partial charge in [0.25, 0.3) is 0 Å². The van der Waals surface area contributed by atoms with Gasteiger partial charge in [-0.1, -0.05) is 27.7 Å². The Labute approximate surface area is 113 Å². The molecule has 106 valence electrons.